The van der Waals surface area contributed by atoms with Crippen LogP contribution in [0.3, 0.4) is 0 Å². The monoisotopic (exact) mass is 327 g/mol. The summed E-state index contributed by atoms with van der Waals surface area (Å²) in [4.78, 5) is 23.0. The summed E-state index contributed by atoms with van der Waals surface area (Å²) >= 11 is 0. The third-order valence-corrected chi connectivity index (χ3v) is 3.94. The molecule has 7 heteroatoms. The molecule has 0 unspecified atom stereocenters. The quantitative estimate of drug-likeness (QED) is 0.614. The molecule has 1 atom stereocenters. The number of carbonyl (C=O) groups is 1. The summed E-state index contributed by atoms with van der Waals surface area (Å²) in [6.45, 7) is 8.38. The molecule has 0 fully saturated rings. The van der Waals surface area contributed by atoms with E-state index in [0.29, 0.717) is 32.0 Å². The Morgan fingerprint density at radius 1 is 1.42 bits per heavy atom. The summed E-state index contributed by atoms with van der Waals surface area (Å²) in [5, 5.41) is 4.35. The topological polar surface area (TPSA) is 73.1 Å². The predicted octanol–water partition coefficient (Wildman–Crippen LogP) is 1.46. The lowest BCUT2D eigenvalue weighted by Crippen LogP contribution is -2.35. The standard InChI is InChI=1S/C17H21N5O2/c1-3-6-24-12-14-9-21(11-15-4-5-20-22(15)10-14)17(23)16-8-18-13(2)7-19-16/h3-5,7-8,14H,1,6,9-12H2,2H3/t14-/m0/s1. The first-order valence-electron chi connectivity index (χ1n) is 7.94. The van der Waals surface area contributed by atoms with Crippen molar-refractivity contribution in [1.82, 2.24) is 24.6 Å². The first kappa shape index (κ1) is 16.3. The molecule has 3 rings (SSSR count). The summed E-state index contributed by atoms with van der Waals surface area (Å²) < 4.78 is 7.53. The van der Waals surface area contributed by atoms with E-state index >= 15 is 0 Å². The van der Waals surface area contributed by atoms with Gasteiger partial charge in [-0.3, -0.25) is 14.5 Å². The minimum atomic E-state index is -0.120. The largest absolute Gasteiger partial charge is 0.377 e. The maximum absolute atomic E-state index is 12.8. The van der Waals surface area contributed by atoms with E-state index in [9.17, 15) is 4.79 Å². The zero-order chi connectivity index (χ0) is 16.9. The molecule has 1 aliphatic heterocycles. The van der Waals surface area contributed by atoms with Crippen LogP contribution in [0.25, 0.3) is 0 Å². The Balaban J connectivity index is 1.79. The van der Waals surface area contributed by atoms with E-state index in [2.05, 4.69) is 21.6 Å². The van der Waals surface area contributed by atoms with Gasteiger partial charge in [-0.15, -0.1) is 6.58 Å². The highest BCUT2D eigenvalue weighted by Gasteiger charge is 2.27. The molecular weight excluding hydrogens is 306 g/mol. The van der Waals surface area contributed by atoms with Crippen LogP contribution in [0.5, 0.6) is 0 Å². The molecule has 0 bridgehead atoms. The van der Waals surface area contributed by atoms with Gasteiger partial charge in [0.25, 0.3) is 5.91 Å². The van der Waals surface area contributed by atoms with Gasteiger partial charge in [0.2, 0.25) is 0 Å². The molecule has 0 N–H and O–H groups in total. The molecule has 0 saturated carbocycles. The van der Waals surface area contributed by atoms with E-state index in [1.807, 2.05) is 17.7 Å². The van der Waals surface area contributed by atoms with Gasteiger partial charge in [0, 0.05) is 31.4 Å². The third kappa shape index (κ3) is 3.68. The molecular formula is C17H21N5O2. The summed E-state index contributed by atoms with van der Waals surface area (Å²) in [6.07, 6.45) is 6.63. The van der Waals surface area contributed by atoms with Gasteiger partial charge in [0.1, 0.15) is 5.69 Å². The number of aromatic nitrogens is 4. The second-order valence-electron chi connectivity index (χ2n) is 5.93. The van der Waals surface area contributed by atoms with Gasteiger partial charge in [0.15, 0.2) is 0 Å². The minimum absolute atomic E-state index is 0.120. The summed E-state index contributed by atoms with van der Waals surface area (Å²) in [7, 11) is 0. The van der Waals surface area contributed by atoms with Crippen LogP contribution in [-0.4, -0.2) is 50.3 Å². The van der Waals surface area contributed by atoms with Gasteiger partial charge < -0.3 is 9.64 Å². The lowest BCUT2D eigenvalue weighted by molar-refractivity contribution is 0.0631. The average molecular weight is 327 g/mol. The average Bonchev–Trinajstić information content (AvgIpc) is 2.93. The van der Waals surface area contributed by atoms with E-state index in [4.69, 9.17) is 4.74 Å². The van der Waals surface area contributed by atoms with Gasteiger partial charge in [-0.05, 0) is 13.0 Å². The van der Waals surface area contributed by atoms with Crippen molar-refractivity contribution in [2.75, 3.05) is 19.8 Å². The number of hydrogen-bond donors (Lipinski definition) is 0. The molecule has 3 heterocycles. The Morgan fingerprint density at radius 3 is 3.04 bits per heavy atom. The van der Waals surface area contributed by atoms with Crippen molar-refractivity contribution >= 4 is 5.91 Å². The maximum atomic E-state index is 12.8. The van der Waals surface area contributed by atoms with Gasteiger partial charge in [-0.1, -0.05) is 6.08 Å². The van der Waals surface area contributed by atoms with Crippen LogP contribution in [0.2, 0.25) is 0 Å². The molecule has 0 saturated heterocycles. The van der Waals surface area contributed by atoms with Crippen molar-refractivity contribution in [3.05, 3.63) is 54.4 Å². The number of rotatable bonds is 5. The summed E-state index contributed by atoms with van der Waals surface area (Å²) in [5.41, 5.74) is 2.16. The number of aryl methyl sites for hydroxylation is 1. The Kier molecular flexibility index (Phi) is 5.00. The van der Waals surface area contributed by atoms with Crippen LogP contribution < -0.4 is 0 Å². The van der Waals surface area contributed by atoms with Gasteiger partial charge in [-0.2, -0.15) is 5.10 Å². The number of fused-ring (bicyclic) bond motifs is 1. The summed E-state index contributed by atoms with van der Waals surface area (Å²) in [5.74, 6) is 0.0410. The molecule has 0 radical (unpaired) electrons. The Hall–Kier alpha value is -2.54. The summed E-state index contributed by atoms with van der Waals surface area (Å²) in [6, 6.07) is 1.94. The molecule has 2 aromatic heterocycles. The number of ether oxygens (including phenoxy) is 1. The van der Waals surface area contributed by atoms with Crippen molar-refractivity contribution in [3.8, 4) is 0 Å². The predicted molar refractivity (Wildman–Crippen MR) is 88.2 cm³/mol. The van der Waals surface area contributed by atoms with Gasteiger partial charge in [0.05, 0.1) is 37.3 Å². The first-order chi connectivity index (χ1) is 11.7. The fraction of sp³-hybridized carbons (Fsp3) is 0.412. The molecule has 24 heavy (non-hydrogen) atoms. The second kappa shape index (κ2) is 7.35. The smallest absolute Gasteiger partial charge is 0.274 e. The molecule has 0 aliphatic carbocycles. The zero-order valence-corrected chi connectivity index (χ0v) is 13.8. The maximum Gasteiger partial charge on any atom is 0.274 e. The Bertz CT molecular complexity index is 710. The molecule has 2 aromatic rings. The molecule has 126 valence electrons. The van der Waals surface area contributed by atoms with E-state index in [1.165, 1.54) is 6.20 Å². The SMILES string of the molecule is C=CCOC[C@H]1CN(C(=O)c2cnc(C)cn2)Cc2ccnn2C1. The van der Waals surface area contributed by atoms with Crippen LogP contribution in [0.15, 0.2) is 37.3 Å². The highest BCUT2D eigenvalue weighted by molar-refractivity contribution is 5.92. The van der Waals surface area contributed by atoms with Crippen molar-refractivity contribution < 1.29 is 9.53 Å². The highest BCUT2D eigenvalue weighted by atomic mass is 16.5. The van der Waals surface area contributed by atoms with E-state index in [-0.39, 0.29) is 11.8 Å². The lowest BCUT2D eigenvalue weighted by Gasteiger charge is -2.23. The second-order valence-corrected chi connectivity index (χ2v) is 5.93. The van der Waals surface area contributed by atoms with Crippen LogP contribution >= 0.6 is 0 Å². The lowest BCUT2D eigenvalue weighted by atomic mass is 10.1. The van der Waals surface area contributed by atoms with Crippen molar-refractivity contribution in [1.29, 1.82) is 0 Å². The Morgan fingerprint density at radius 2 is 2.29 bits per heavy atom. The molecule has 1 amide bonds. The number of amides is 1. The first-order valence-corrected chi connectivity index (χ1v) is 7.94. The van der Waals surface area contributed by atoms with Gasteiger partial charge in [-0.25, -0.2) is 4.98 Å². The normalized spacial score (nSPS) is 17.2. The van der Waals surface area contributed by atoms with Gasteiger partial charge >= 0.3 is 0 Å². The number of carbonyl (C=O) groups excluding carboxylic acids is 1. The fourth-order valence-corrected chi connectivity index (χ4v) is 2.78. The van der Waals surface area contributed by atoms with E-state index < -0.39 is 0 Å². The number of hydrogen-bond acceptors (Lipinski definition) is 5. The molecule has 1 aliphatic rings. The van der Waals surface area contributed by atoms with E-state index in [0.717, 1.165) is 17.9 Å². The zero-order valence-electron chi connectivity index (χ0n) is 13.8. The van der Waals surface area contributed by atoms with E-state index in [1.54, 1.807) is 23.4 Å². The number of nitrogens with zero attached hydrogens (tertiary/aromatic N) is 5. The molecule has 7 nitrogen and oxygen atoms in total. The van der Waals surface area contributed by atoms with Crippen LogP contribution in [-0.2, 0) is 17.8 Å². The van der Waals surface area contributed by atoms with Crippen LogP contribution in [0.1, 0.15) is 21.9 Å². The third-order valence-electron chi connectivity index (χ3n) is 3.94. The minimum Gasteiger partial charge on any atom is -0.377 e. The van der Waals surface area contributed by atoms with Crippen molar-refractivity contribution in [2.24, 2.45) is 5.92 Å². The Labute approximate surface area is 141 Å². The molecule has 0 aromatic carbocycles. The van der Waals surface area contributed by atoms with Crippen molar-refractivity contribution in [2.45, 2.75) is 20.0 Å². The fourth-order valence-electron chi connectivity index (χ4n) is 2.78. The highest BCUT2D eigenvalue weighted by Crippen LogP contribution is 2.18. The van der Waals surface area contributed by atoms with Crippen LogP contribution in [0.4, 0.5) is 0 Å². The van der Waals surface area contributed by atoms with Crippen molar-refractivity contribution in [3.63, 3.8) is 0 Å². The molecule has 0 spiro atoms. The van der Waals surface area contributed by atoms with Crippen LogP contribution in [0, 0.1) is 12.8 Å².